The molecule has 0 amide bonds. The van der Waals surface area contributed by atoms with E-state index in [1.54, 1.807) is 6.07 Å². The quantitative estimate of drug-likeness (QED) is 0.414. The van der Waals surface area contributed by atoms with Crippen LogP contribution in [0.25, 0.3) is 0 Å². The van der Waals surface area contributed by atoms with E-state index >= 15 is 0 Å². The topological polar surface area (TPSA) is 138 Å². The van der Waals surface area contributed by atoms with E-state index in [9.17, 15) is 33.3 Å². The molecule has 1 aromatic rings. The fourth-order valence-corrected chi connectivity index (χ4v) is 3.28. The molecular weight excluding hydrogens is 411 g/mol. The lowest BCUT2D eigenvalue weighted by Gasteiger charge is -2.45. The molecule has 0 saturated heterocycles. The summed E-state index contributed by atoms with van der Waals surface area (Å²) in [7, 11) is 0. The van der Waals surface area contributed by atoms with E-state index in [4.69, 9.17) is 19.9 Å². The Bertz CT molecular complexity index is 894. The van der Waals surface area contributed by atoms with Crippen LogP contribution in [-0.2, 0) is 19.0 Å². The molecule has 0 spiro atoms. The fourth-order valence-electron chi connectivity index (χ4n) is 3.28. The Morgan fingerprint density at radius 3 is 2.37 bits per heavy atom. The molecule has 0 bridgehead atoms. The molecule has 1 heterocycles. The van der Waals surface area contributed by atoms with Crippen molar-refractivity contribution in [3.63, 3.8) is 0 Å². The van der Waals surface area contributed by atoms with Crippen molar-refractivity contribution < 1.29 is 37.1 Å². The summed E-state index contributed by atoms with van der Waals surface area (Å²) in [4.78, 5) is 22.9. The number of esters is 1. The molecule has 1 aliphatic rings. The van der Waals surface area contributed by atoms with Crippen molar-refractivity contribution in [3.8, 4) is 6.07 Å². The molecule has 2 N–H and O–H groups in total. The van der Waals surface area contributed by atoms with E-state index in [-0.39, 0.29) is 17.9 Å². The van der Waals surface area contributed by atoms with E-state index in [0.29, 0.717) is 0 Å². The Kier molecular flexibility index (Phi) is 6.57. The third kappa shape index (κ3) is 3.88. The van der Waals surface area contributed by atoms with E-state index in [2.05, 4.69) is 0 Å². The molecular formula is C18H18F3N3O6. The average Bonchev–Trinajstić information content (AvgIpc) is 2.67. The molecule has 162 valence electrons. The first kappa shape index (κ1) is 23.0. The Morgan fingerprint density at radius 1 is 1.33 bits per heavy atom. The molecule has 3 atom stereocenters. The van der Waals surface area contributed by atoms with E-state index in [0.717, 1.165) is 24.3 Å². The molecule has 12 heteroatoms. The number of non-ortho nitro benzene ring substituents is 1. The van der Waals surface area contributed by atoms with Gasteiger partial charge in [0, 0.05) is 24.7 Å². The van der Waals surface area contributed by atoms with Gasteiger partial charge in [0.25, 0.3) is 5.69 Å². The van der Waals surface area contributed by atoms with Crippen LogP contribution < -0.4 is 5.73 Å². The summed E-state index contributed by atoms with van der Waals surface area (Å²) < 4.78 is 57.2. The first-order valence-corrected chi connectivity index (χ1v) is 8.74. The summed E-state index contributed by atoms with van der Waals surface area (Å²) >= 11 is 0. The second-order valence-electron chi connectivity index (χ2n) is 6.15. The van der Waals surface area contributed by atoms with Gasteiger partial charge in [-0.1, -0.05) is 12.1 Å². The summed E-state index contributed by atoms with van der Waals surface area (Å²) in [6, 6.07) is 6.01. The summed E-state index contributed by atoms with van der Waals surface area (Å²) in [6.07, 6.45) is -5.24. The lowest BCUT2D eigenvalue weighted by molar-refractivity contribution is -0.391. The van der Waals surface area contributed by atoms with E-state index < -0.39 is 52.8 Å². The second-order valence-corrected chi connectivity index (χ2v) is 6.15. The number of allylic oxidation sites excluding steroid dienone is 1. The maximum Gasteiger partial charge on any atom is 0.456 e. The number of alkyl halides is 3. The molecule has 9 nitrogen and oxygen atoms in total. The number of ether oxygens (including phenoxy) is 3. The molecule has 0 aliphatic carbocycles. The van der Waals surface area contributed by atoms with Gasteiger partial charge in [-0.15, -0.1) is 0 Å². The minimum absolute atomic E-state index is 0.00483. The zero-order chi connectivity index (χ0) is 22.7. The van der Waals surface area contributed by atoms with Gasteiger partial charge in [0.2, 0.25) is 5.88 Å². The van der Waals surface area contributed by atoms with Gasteiger partial charge in [-0.3, -0.25) is 14.9 Å². The van der Waals surface area contributed by atoms with Crippen LogP contribution in [0.2, 0.25) is 0 Å². The van der Waals surface area contributed by atoms with Crippen LogP contribution >= 0.6 is 0 Å². The van der Waals surface area contributed by atoms with Gasteiger partial charge in [0.1, 0.15) is 12.0 Å². The normalized spacial score (nSPS) is 24.0. The highest BCUT2D eigenvalue weighted by molar-refractivity contribution is 5.77. The highest BCUT2D eigenvalue weighted by atomic mass is 19.4. The molecule has 1 aliphatic heterocycles. The molecule has 30 heavy (non-hydrogen) atoms. The van der Waals surface area contributed by atoms with Crippen molar-refractivity contribution in [1.82, 2.24) is 0 Å². The van der Waals surface area contributed by atoms with Crippen molar-refractivity contribution in [2.75, 3.05) is 13.2 Å². The van der Waals surface area contributed by atoms with Gasteiger partial charge in [-0.2, -0.15) is 18.4 Å². The predicted octanol–water partition coefficient (Wildman–Crippen LogP) is 2.88. The number of nitrogens with two attached hydrogens (primary N) is 1. The van der Waals surface area contributed by atoms with Gasteiger partial charge in [0.05, 0.1) is 17.1 Å². The number of nitrogens with zero attached hydrogens (tertiary/aromatic N) is 2. The third-order valence-electron chi connectivity index (χ3n) is 4.46. The maximum absolute atomic E-state index is 14.2. The lowest BCUT2D eigenvalue weighted by atomic mass is 9.74. The number of hydrogen-bond donors (Lipinski definition) is 1. The first-order chi connectivity index (χ1) is 14.0. The number of rotatable bonds is 6. The summed E-state index contributed by atoms with van der Waals surface area (Å²) in [6.45, 7) is 1.91. The number of carbonyl (C=O) groups excluding carboxylic acids is 1. The minimum atomic E-state index is -5.24. The number of benzene rings is 1. The monoisotopic (exact) mass is 429 g/mol. The molecule has 0 aromatic heterocycles. The Hall–Kier alpha value is -3.33. The smallest absolute Gasteiger partial charge is 0.456 e. The highest BCUT2D eigenvalue weighted by Crippen LogP contribution is 2.53. The average molecular weight is 429 g/mol. The minimum Gasteiger partial charge on any atom is -0.466 e. The summed E-state index contributed by atoms with van der Waals surface area (Å²) in [5.74, 6) is -9.50. The Morgan fingerprint density at radius 2 is 1.93 bits per heavy atom. The summed E-state index contributed by atoms with van der Waals surface area (Å²) in [5.41, 5.74) is 4.83. The number of hydrogen-bond acceptors (Lipinski definition) is 8. The maximum atomic E-state index is 14.2. The number of carbonyl (C=O) groups is 1. The van der Waals surface area contributed by atoms with Crippen molar-refractivity contribution >= 4 is 11.7 Å². The lowest BCUT2D eigenvalue weighted by Crippen LogP contribution is -2.62. The SMILES string of the molecule is CCOC(=O)C1C(c2ccc([N+](=O)[O-])cc2)C(C#N)=C(N)OC1(OCC)C(F)(F)F. The van der Waals surface area contributed by atoms with Crippen LogP contribution in [0.4, 0.5) is 18.9 Å². The third-order valence-corrected chi connectivity index (χ3v) is 4.46. The zero-order valence-corrected chi connectivity index (χ0v) is 15.9. The predicted molar refractivity (Wildman–Crippen MR) is 94.3 cm³/mol. The number of nitriles is 1. The van der Waals surface area contributed by atoms with Crippen molar-refractivity contribution in [3.05, 3.63) is 51.4 Å². The molecule has 2 rings (SSSR count). The van der Waals surface area contributed by atoms with Crippen LogP contribution in [0.3, 0.4) is 0 Å². The second kappa shape index (κ2) is 8.58. The molecule has 0 radical (unpaired) electrons. The first-order valence-electron chi connectivity index (χ1n) is 8.74. The Labute approximate surface area is 168 Å². The fraction of sp³-hybridized carbons (Fsp3) is 0.444. The van der Waals surface area contributed by atoms with Crippen LogP contribution in [0.15, 0.2) is 35.7 Å². The van der Waals surface area contributed by atoms with Crippen molar-refractivity contribution in [2.24, 2.45) is 11.7 Å². The molecule has 3 unspecified atom stereocenters. The molecule has 0 fully saturated rings. The standard InChI is InChI=1S/C18H18F3N3O6/c1-3-28-16(25)14-13(10-5-7-11(8-6-10)24(26)27)12(9-22)15(23)30-17(14,29-4-2)18(19,20)21/h5-8,13-14H,3-4,23H2,1-2H3. The van der Waals surface area contributed by atoms with Crippen LogP contribution in [0.5, 0.6) is 0 Å². The summed E-state index contributed by atoms with van der Waals surface area (Å²) in [5, 5.41) is 20.4. The molecule has 1 aromatic carbocycles. The van der Waals surface area contributed by atoms with Crippen LogP contribution in [0.1, 0.15) is 25.3 Å². The van der Waals surface area contributed by atoms with Crippen molar-refractivity contribution in [2.45, 2.75) is 31.7 Å². The number of nitro benzene ring substituents is 1. The number of halogens is 3. The largest absolute Gasteiger partial charge is 0.466 e. The number of nitro groups is 1. The van der Waals surface area contributed by atoms with Crippen LogP contribution in [0, 0.1) is 27.4 Å². The van der Waals surface area contributed by atoms with Gasteiger partial charge in [0.15, 0.2) is 0 Å². The van der Waals surface area contributed by atoms with Gasteiger partial charge >= 0.3 is 17.9 Å². The van der Waals surface area contributed by atoms with Gasteiger partial charge < -0.3 is 19.9 Å². The van der Waals surface area contributed by atoms with Crippen molar-refractivity contribution in [1.29, 1.82) is 5.26 Å². The van der Waals surface area contributed by atoms with E-state index in [1.807, 2.05) is 0 Å². The van der Waals surface area contributed by atoms with E-state index in [1.165, 1.54) is 13.8 Å². The van der Waals surface area contributed by atoms with Gasteiger partial charge in [-0.05, 0) is 19.4 Å². The van der Waals surface area contributed by atoms with Crippen LogP contribution in [-0.4, -0.2) is 36.1 Å². The zero-order valence-electron chi connectivity index (χ0n) is 15.9. The Balaban J connectivity index is 2.81. The van der Waals surface area contributed by atoms with Gasteiger partial charge in [-0.25, -0.2) is 0 Å². The molecule has 0 saturated carbocycles. The highest BCUT2D eigenvalue weighted by Gasteiger charge is 2.71.